The lowest BCUT2D eigenvalue weighted by atomic mass is 10.0. The number of rotatable bonds is 5. The van der Waals surface area contributed by atoms with E-state index in [2.05, 4.69) is 5.43 Å². The van der Waals surface area contributed by atoms with Crippen molar-refractivity contribution in [2.24, 2.45) is 5.84 Å². The van der Waals surface area contributed by atoms with E-state index in [1.807, 2.05) is 18.2 Å². The van der Waals surface area contributed by atoms with E-state index in [9.17, 15) is 0 Å². The molecule has 0 spiro atoms. The fourth-order valence-electron chi connectivity index (χ4n) is 1.87. The topological polar surface area (TPSA) is 60.4 Å². The van der Waals surface area contributed by atoms with Crippen LogP contribution < -0.4 is 16.0 Å². The van der Waals surface area contributed by atoms with Crippen LogP contribution in [0.5, 0.6) is 5.75 Å². The number of methoxy groups -OCH3 is 1. The largest absolute Gasteiger partial charge is 0.496 e. The zero-order valence-corrected chi connectivity index (χ0v) is 10.8. The highest BCUT2D eigenvalue weighted by molar-refractivity contribution is 6.30. The molecule has 0 fully saturated rings. The molecular weight excluding hydrogens is 252 g/mol. The lowest BCUT2D eigenvalue weighted by molar-refractivity contribution is 0.405. The molecule has 1 aromatic carbocycles. The second kappa shape index (κ2) is 5.91. The summed E-state index contributed by atoms with van der Waals surface area (Å²) in [6.45, 7) is 0. The minimum absolute atomic E-state index is 0.0453. The lowest BCUT2D eigenvalue weighted by Crippen LogP contribution is -2.29. The molecule has 96 valence electrons. The van der Waals surface area contributed by atoms with Gasteiger partial charge >= 0.3 is 0 Å². The van der Waals surface area contributed by atoms with Crippen molar-refractivity contribution in [1.82, 2.24) is 5.43 Å². The quantitative estimate of drug-likeness (QED) is 0.645. The molecule has 1 aromatic heterocycles. The van der Waals surface area contributed by atoms with Crippen LogP contribution >= 0.6 is 11.6 Å². The van der Waals surface area contributed by atoms with E-state index in [0.717, 1.165) is 16.9 Å². The standard InChI is InChI=1S/C13H15ClN2O2/c1-17-13-3-2-11(14)6-10(13)7-12(16-15)9-4-5-18-8-9/h2-6,8,12,16H,7,15H2,1H3. The molecule has 0 aliphatic heterocycles. The molecule has 0 aliphatic carbocycles. The zero-order chi connectivity index (χ0) is 13.0. The molecule has 0 aliphatic rings. The fourth-order valence-corrected chi connectivity index (χ4v) is 2.07. The molecule has 1 unspecified atom stereocenters. The summed E-state index contributed by atoms with van der Waals surface area (Å²) in [6, 6.07) is 7.36. The van der Waals surface area contributed by atoms with Gasteiger partial charge in [-0.15, -0.1) is 0 Å². The zero-order valence-electron chi connectivity index (χ0n) is 10.0. The summed E-state index contributed by atoms with van der Waals surface area (Å²) in [5, 5.41) is 0.675. The van der Waals surface area contributed by atoms with Gasteiger partial charge in [0.15, 0.2) is 0 Å². The monoisotopic (exact) mass is 266 g/mol. The van der Waals surface area contributed by atoms with Crippen molar-refractivity contribution in [3.8, 4) is 5.75 Å². The first-order valence-corrected chi connectivity index (χ1v) is 5.93. The normalized spacial score (nSPS) is 12.4. The summed E-state index contributed by atoms with van der Waals surface area (Å²) < 4.78 is 10.4. The van der Waals surface area contributed by atoms with Crippen molar-refractivity contribution < 1.29 is 9.15 Å². The smallest absolute Gasteiger partial charge is 0.122 e. The third-order valence-corrected chi connectivity index (χ3v) is 3.05. The fraction of sp³-hybridized carbons (Fsp3) is 0.231. The Bertz CT molecular complexity index is 500. The van der Waals surface area contributed by atoms with Crippen LogP contribution in [0.4, 0.5) is 0 Å². The Morgan fingerprint density at radius 1 is 1.44 bits per heavy atom. The van der Waals surface area contributed by atoms with E-state index in [1.54, 1.807) is 25.7 Å². The maximum absolute atomic E-state index is 6.00. The first kappa shape index (κ1) is 13.0. The van der Waals surface area contributed by atoms with Crippen LogP contribution in [0.2, 0.25) is 5.02 Å². The van der Waals surface area contributed by atoms with Gasteiger partial charge in [-0.25, -0.2) is 0 Å². The van der Waals surface area contributed by atoms with Gasteiger partial charge in [0, 0.05) is 10.6 Å². The molecule has 2 rings (SSSR count). The molecule has 0 radical (unpaired) electrons. The van der Waals surface area contributed by atoms with E-state index >= 15 is 0 Å². The van der Waals surface area contributed by atoms with E-state index in [0.29, 0.717) is 11.4 Å². The van der Waals surface area contributed by atoms with Crippen molar-refractivity contribution in [2.45, 2.75) is 12.5 Å². The van der Waals surface area contributed by atoms with E-state index < -0.39 is 0 Å². The Morgan fingerprint density at radius 2 is 2.28 bits per heavy atom. The third-order valence-electron chi connectivity index (χ3n) is 2.81. The Kier molecular flexibility index (Phi) is 4.25. The number of hydrazine groups is 1. The van der Waals surface area contributed by atoms with Gasteiger partial charge in [0.05, 0.1) is 25.7 Å². The molecule has 5 heteroatoms. The van der Waals surface area contributed by atoms with Gasteiger partial charge in [-0.2, -0.15) is 0 Å². The highest BCUT2D eigenvalue weighted by Crippen LogP contribution is 2.27. The molecule has 1 atom stereocenters. The summed E-state index contributed by atoms with van der Waals surface area (Å²) in [5.74, 6) is 6.37. The summed E-state index contributed by atoms with van der Waals surface area (Å²) in [7, 11) is 1.63. The highest BCUT2D eigenvalue weighted by Gasteiger charge is 2.14. The average Bonchev–Trinajstić information content (AvgIpc) is 2.90. The molecule has 0 saturated heterocycles. The van der Waals surface area contributed by atoms with Crippen molar-refractivity contribution in [2.75, 3.05) is 7.11 Å². The number of furan rings is 1. The number of ether oxygens (including phenoxy) is 1. The highest BCUT2D eigenvalue weighted by atomic mass is 35.5. The van der Waals surface area contributed by atoms with Gasteiger partial charge in [-0.05, 0) is 36.2 Å². The molecule has 0 saturated carbocycles. The van der Waals surface area contributed by atoms with Crippen LogP contribution in [0, 0.1) is 0 Å². The SMILES string of the molecule is COc1ccc(Cl)cc1CC(NN)c1ccoc1. The Morgan fingerprint density at radius 3 is 2.89 bits per heavy atom. The summed E-state index contributed by atoms with van der Waals surface area (Å²) in [6.07, 6.45) is 3.95. The van der Waals surface area contributed by atoms with Gasteiger partial charge in [-0.1, -0.05) is 11.6 Å². The van der Waals surface area contributed by atoms with Gasteiger partial charge < -0.3 is 9.15 Å². The van der Waals surface area contributed by atoms with Crippen LogP contribution in [0.3, 0.4) is 0 Å². The number of nitrogens with one attached hydrogen (secondary N) is 1. The second-order valence-corrected chi connectivity index (χ2v) is 4.37. The Labute approximate surface area is 111 Å². The first-order valence-electron chi connectivity index (χ1n) is 5.55. The minimum atomic E-state index is -0.0453. The summed E-state index contributed by atoms with van der Waals surface area (Å²) in [4.78, 5) is 0. The molecule has 1 heterocycles. The third kappa shape index (κ3) is 2.85. The van der Waals surface area contributed by atoms with Gasteiger partial charge in [0.25, 0.3) is 0 Å². The van der Waals surface area contributed by atoms with Crippen molar-refractivity contribution in [3.05, 3.63) is 52.9 Å². The van der Waals surface area contributed by atoms with E-state index in [1.165, 1.54) is 0 Å². The number of nitrogens with two attached hydrogens (primary N) is 1. The first-order chi connectivity index (χ1) is 8.74. The van der Waals surface area contributed by atoms with E-state index in [4.69, 9.17) is 26.6 Å². The summed E-state index contributed by atoms with van der Waals surface area (Å²) >= 11 is 6.00. The number of hydrogen-bond donors (Lipinski definition) is 2. The van der Waals surface area contributed by atoms with Crippen molar-refractivity contribution >= 4 is 11.6 Å². The van der Waals surface area contributed by atoms with E-state index in [-0.39, 0.29) is 6.04 Å². The Hall–Kier alpha value is -1.49. The second-order valence-electron chi connectivity index (χ2n) is 3.94. The van der Waals surface area contributed by atoms with Crippen molar-refractivity contribution in [1.29, 1.82) is 0 Å². The number of hydrogen-bond acceptors (Lipinski definition) is 4. The lowest BCUT2D eigenvalue weighted by Gasteiger charge is -2.16. The Balaban J connectivity index is 2.24. The number of halogens is 1. The predicted octanol–water partition coefficient (Wildman–Crippen LogP) is 2.69. The average molecular weight is 267 g/mol. The molecule has 0 amide bonds. The maximum Gasteiger partial charge on any atom is 0.122 e. The number of benzene rings is 1. The molecular formula is C13H15ClN2O2. The van der Waals surface area contributed by atoms with Gasteiger partial charge in [0.1, 0.15) is 5.75 Å². The van der Waals surface area contributed by atoms with Crippen LogP contribution in [-0.4, -0.2) is 7.11 Å². The molecule has 4 nitrogen and oxygen atoms in total. The van der Waals surface area contributed by atoms with Crippen molar-refractivity contribution in [3.63, 3.8) is 0 Å². The van der Waals surface area contributed by atoms with Gasteiger partial charge in [0.2, 0.25) is 0 Å². The molecule has 0 bridgehead atoms. The molecule has 2 aromatic rings. The predicted molar refractivity (Wildman–Crippen MR) is 70.5 cm³/mol. The van der Waals surface area contributed by atoms with Crippen LogP contribution in [0.15, 0.2) is 41.2 Å². The molecule has 3 N–H and O–H groups in total. The summed E-state index contributed by atoms with van der Waals surface area (Å²) in [5.41, 5.74) is 4.75. The maximum atomic E-state index is 6.00. The van der Waals surface area contributed by atoms with Gasteiger partial charge in [-0.3, -0.25) is 11.3 Å². The van der Waals surface area contributed by atoms with Crippen LogP contribution in [0.25, 0.3) is 0 Å². The minimum Gasteiger partial charge on any atom is -0.496 e. The molecule has 18 heavy (non-hydrogen) atoms. The van der Waals surface area contributed by atoms with Crippen LogP contribution in [-0.2, 0) is 6.42 Å². The van der Waals surface area contributed by atoms with Crippen LogP contribution in [0.1, 0.15) is 17.2 Å².